The third-order valence-electron chi connectivity index (χ3n) is 9.60. The summed E-state index contributed by atoms with van der Waals surface area (Å²) in [7, 11) is 1.32. The van der Waals surface area contributed by atoms with Crippen LogP contribution in [0.3, 0.4) is 0 Å². The lowest BCUT2D eigenvalue weighted by atomic mass is 9.82. The van der Waals surface area contributed by atoms with E-state index in [9.17, 15) is 14.4 Å². The summed E-state index contributed by atoms with van der Waals surface area (Å²) in [6.45, 7) is 8.17. The standard InChI is InChI=1S/C30H32ClN5O4.C10H13N3O/c1-18-19(2)35(20(3)32-18)14-15-40-17-24-26(30(38)39-4)25(22-12-8-9-13-23(22)31)27-28(33-24)36(34-29(27)37)16-21-10-6-5-7-11-21;11-9-6-10(14)12-13(9)7-8-4-2-1-3-5-8/h5-13,25,33H,14-17H2,1-4H3,(H,34,37);1-5,9H,6-7,11H2,(H,12,14). The fraction of sp³-hybridized carbons (Fsp3) is 0.300. The molecule has 0 saturated carbocycles. The van der Waals surface area contributed by atoms with Crippen LogP contribution in [0.15, 0.2) is 101 Å². The molecule has 4 heterocycles. The van der Waals surface area contributed by atoms with Gasteiger partial charge in [-0.25, -0.2) is 9.78 Å². The number of fused-ring (bicyclic) bond motifs is 1. The van der Waals surface area contributed by atoms with Crippen molar-refractivity contribution in [1.29, 1.82) is 0 Å². The smallest absolute Gasteiger partial charge is 0.336 e. The number of esters is 1. The molecule has 282 valence electrons. The number of ether oxygens (including phenoxy) is 2. The topological polar surface area (TPSA) is 162 Å². The van der Waals surface area contributed by atoms with E-state index >= 15 is 0 Å². The molecule has 5 N–H and O–H groups in total. The average Bonchev–Trinajstić information content (AvgIpc) is 3.75. The molecule has 0 aliphatic carbocycles. The zero-order valence-corrected chi connectivity index (χ0v) is 31.5. The maximum Gasteiger partial charge on any atom is 0.336 e. The number of halogens is 1. The number of nitrogens with two attached hydrogens (primary N) is 1. The molecular weight excluding hydrogens is 708 g/mol. The van der Waals surface area contributed by atoms with E-state index in [-0.39, 0.29) is 29.8 Å². The van der Waals surface area contributed by atoms with Crippen molar-refractivity contribution >= 4 is 29.3 Å². The number of hydrogen-bond donors (Lipinski definition) is 4. The molecule has 1 fully saturated rings. The van der Waals surface area contributed by atoms with Gasteiger partial charge in [0.2, 0.25) is 5.91 Å². The minimum absolute atomic E-state index is 0.00608. The number of aromatic amines is 1. The molecule has 0 spiro atoms. The summed E-state index contributed by atoms with van der Waals surface area (Å²) >= 11 is 6.65. The fourth-order valence-corrected chi connectivity index (χ4v) is 7.04. The van der Waals surface area contributed by atoms with E-state index in [4.69, 9.17) is 26.8 Å². The van der Waals surface area contributed by atoms with Crippen LogP contribution in [0.2, 0.25) is 5.02 Å². The highest BCUT2D eigenvalue weighted by atomic mass is 35.5. The summed E-state index contributed by atoms with van der Waals surface area (Å²) in [6, 6.07) is 27.0. The Morgan fingerprint density at radius 1 is 0.944 bits per heavy atom. The number of nitrogens with zero attached hydrogens (tertiary/aromatic N) is 4. The highest BCUT2D eigenvalue weighted by Crippen LogP contribution is 2.43. The predicted octanol–water partition coefficient (Wildman–Crippen LogP) is 4.91. The molecule has 7 rings (SSSR count). The molecule has 13 nitrogen and oxygen atoms in total. The van der Waals surface area contributed by atoms with E-state index in [0.29, 0.717) is 60.3 Å². The molecule has 1 saturated heterocycles. The largest absolute Gasteiger partial charge is 0.466 e. The molecular formula is C40H45ClN8O5. The van der Waals surface area contributed by atoms with Crippen molar-refractivity contribution in [2.75, 3.05) is 25.6 Å². The zero-order chi connectivity index (χ0) is 38.4. The number of carbonyl (C=O) groups is 2. The van der Waals surface area contributed by atoms with E-state index in [2.05, 4.69) is 25.4 Å². The van der Waals surface area contributed by atoms with E-state index in [1.807, 2.05) is 99.6 Å². The van der Waals surface area contributed by atoms with Crippen molar-refractivity contribution in [3.63, 3.8) is 0 Å². The molecule has 0 bridgehead atoms. The number of methoxy groups -OCH3 is 1. The lowest BCUT2D eigenvalue weighted by molar-refractivity contribution is -0.136. The number of benzene rings is 3. The summed E-state index contributed by atoms with van der Waals surface area (Å²) in [5.74, 6) is 0.159. The minimum Gasteiger partial charge on any atom is -0.466 e. The Hall–Kier alpha value is -5.47. The summed E-state index contributed by atoms with van der Waals surface area (Å²) < 4.78 is 15.2. The van der Waals surface area contributed by atoms with Crippen molar-refractivity contribution in [3.8, 4) is 0 Å². The second-order valence-corrected chi connectivity index (χ2v) is 13.6. The highest BCUT2D eigenvalue weighted by Gasteiger charge is 2.39. The number of H-pyrrole nitrogens is 1. The summed E-state index contributed by atoms with van der Waals surface area (Å²) in [5, 5.41) is 8.49. The molecule has 14 heteroatoms. The zero-order valence-electron chi connectivity index (χ0n) is 30.8. The molecule has 2 aliphatic heterocycles. The first kappa shape index (κ1) is 38.3. The van der Waals surface area contributed by atoms with E-state index in [0.717, 1.165) is 28.3 Å². The second-order valence-electron chi connectivity index (χ2n) is 13.2. The first-order valence-electron chi connectivity index (χ1n) is 17.7. The van der Waals surface area contributed by atoms with Crippen molar-refractivity contribution < 1.29 is 19.1 Å². The average molecular weight is 753 g/mol. The van der Waals surface area contributed by atoms with Gasteiger partial charge < -0.3 is 25.1 Å². The number of hydrogen-bond acceptors (Lipinski definition) is 9. The molecule has 2 atom stereocenters. The van der Waals surface area contributed by atoms with Crippen LogP contribution >= 0.6 is 11.6 Å². The van der Waals surface area contributed by atoms with Crippen LogP contribution in [-0.2, 0) is 38.7 Å². The maximum atomic E-state index is 13.4. The normalized spacial score (nSPS) is 16.7. The number of aromatic nitrogens is 4. The van der Waals surface area contributed by atoms with E-state index in [1.165, 1.54) is 7.11 Å². The number of carbonyl (C=O) groups excluding carboxylic acids is 2. The van der Waals surface area contributed by atoms with Gasteiger partial charge in [0.1, 0.15) is 11.6 Å². The van der Waals surface area contributed by atoms with Gasteiger partial charge in [-0.1, -0.05) is 90.5 Å². The van der Waals surface area contributed by atoms with Crippen molar-refractivity contribution in [2.45, 2.75) is 58.9 Å². The SMILES string of the molecule is COC(=O)C1=C(COCCn2c(C)nc(C)c2C)Nc2c(c(=O)[nH]n2Cc2ccccc2)C1c1ccccc1Cl.NC1CC(=O)NN1Cc1ccccc1. The van der Waals surface area contributed by atoms with Gasteiger partial charge in [-0.05, 0) is 43.5 Å². The third-order valence-corrected chi connectivity index (χ3v) is 9.94. The molecule has 1 amide bonds. The van der Waals surface area contributed by atoms with Crippen LogP contribution in [0.5, 0.6) is 0 Å². The van der Waals surface area contributed by atoms with Gasteiger partial charge in [0, 0.05) is 23.8 Å². The molecule has 2 unspecified atom stereocenters. The van der Waals surface area contributed by atoms with Gasteiger partial charge in [-0.3, -0.25) is 24.8 Å². The van der Waals surface area contributed by atoms with Gasteiger partial charge in [0.15, 0.2) is 0 Å². The van der Waals surface area contributed by atoms with Crippen molar-refractivity contribution in [3.05, 3.63) is 151 Å². The number of amides is 1. The molecule has 3 aromatic carbocycles. The number of aryl methyl sites for hydroxylation is 2. The Labute approximate surface area is 318 Å². The summed E-state index contributed by atoms with van der Waals surface area (Å²) in [5.41, 5.74) is 14.2. The minimum atomic E-state index is -0.752. The van der Waals surface area contributed by atoms with Crippen molar-refractivity contribution in [2.24, 2.45) is 5.73 Å². The number of nitrogens with one attached hydrogen (secondary N) is 3. The van der Waals surface area contributed by atoms with Crippen LogP contribution in [0.1, 0.15) is 51.8 Å². The van der Waals surface area contributed by atoms with Crippen molar-refractivity contribution in [1.82, 2.24) is 29.8 Å². The Bertz CT molecular complexity index is 2190. The Morgan fingerprint density at radius 2 is 1.59 bits per heavy atom. The third kappa shape index (κ3) is 8.50. The van der Waals surface area contributed by atoms with Crippen LogP contribution in [0.4, 0.5) is 5.82 Å². The quantitative estimate of drug-likeness (QED) is 0.109. The van der Waals surface area contributed by atoms with Crippen LogP contribution < -0.4 is 22.0 Å². The predicted molar refractivity (Wildman–Crippen MR) is 207 cm³/mol. The first-order chi connectivity index (χ1) is 26.0. The van der Waals surface area contributed by atoms with Gasteiger partial charge in [0.05, 0.1) is 67.9 Å². The number of rotatable bonds is 11. The summed E-state index contributed by atoms with van der Waals surface area (Å²) in [6.07, 6.45) is 0.176. The highest BCUT2D eigenvalue weighted by molar-refractivity contribution is 6.31. The molecule has 54 heavy (non-hydrogen) atoms. The van der Waals surface area contributed by atoms with E-state index in [1.54, 1.807) is 15.8 Å². The first-order valence-corrected chi connectivity index (χ1v) is 18.1. The fourth-order valence-electron chi connectivity index (χ4n) is 6.80. The molecule has 0 radical (unpaired) electrons. The van der Waals surface area contributed by atoms with Crippen LogP contribution in [0.25, 0.3) is 0 Å². The van der Waals surface area contributed by atoms with Gasteiger partial charge in [-0.2, -0.15) is 5.01 Å². The van der Waals surface area contributed by atoms with Gasteiger partial charge in [0.25, 0.3) is 5.56 Å². The van der Waals surface area contributed by atoms with E-state index < -0.39 is 11.9 Å². The number of imidazole rings is 1. The Kier molecular flexibility index (Phi) is 12.1. The Balaban J connectivity index is 0.000000297. The number of hydrazine groups is 1. The molecule has 2 aliphatic rings. The van der Waals surface area contributed by atoms with Crippen LogP contribution in [0, 0.1) is 20.8 Å². The van der Waals surface area contributed by atoms with Gasteiger partial charge in [-0.15, -0.1) is 0 Å². The molecule has 2 aromatic heterocycles. The second kappa shape index (κ2) is 17.1. The Morgan fingerprint density at radius 3 is 2.19 bits per heavy atom. The lowest BCUT2D eigenvalue weighted by Gasteiger charge is -2.29. The number of anilines is 1. The monoisotopic (exact) mass is 752 g/mol. The maximum absolute atomic E-state index is 13.4. The van der Waals surface area contributed by atoms with Crippen LogP contribution in [-0.4, -0.2) is 62.7 Å². The molecule has 5 aromatic rings. The lowest BCUT2D eigenvalue weighted by Crippen LogP contribution is -2.42. The summed E-state index contributed by atoms with van der Waals surface area (Å²) in [4.78, 5) is 42.3. The van der Waals surface area contributed by atoms with Gasteiger partial charge >= 0.3 is 5.97 Å².